The fourth-order valence-electron chi connectivity index (χ4n) is 9.58. The van der Waals surface area contributed by atoms with Crippen LogP contribution in [0, 0.1) is 5.82 Å². The summed E-state index contributed by atoms with van der Waals surface area (Å²) in [6.45, 7) is 17.0. The molecule has 8 aromatic rings. The maximum atomic E-state index is 13.9. The maximum Gasteiger partial charge on any atom is 0.296 e. The van der Waals surface area contributed by atoms with Gasteiger partial charge in [-0.3, -0.25) is 0 Å². The second kappa shape index (κ2) is 12.7. The van der Waals surface area contributed by atoms with Crippen LogP contribution in [0.5, 0.6) is 0 Å². The second-order valence-electron chi connectivity index (χ2n) is 16.9. The van der Waals surface area contributed by atoms with E-state index in [-0.39, 0.29) is 17.9 Å². The van der Waals surface area contributed by atoms with Crippen LogP contribution in [-0.4, -0.2) is 12.6 Å². The van der Waals surface area contributed by atoms with E-state index in [2.05, 4.69) is 144 Å². The summed E-state index contributed by atoms with van der Waals surface area (Å²) in [6, 6.07) is 41.7. The first-order valence-electron chi connectivity index (χ1n) is 19.7. The predicted octanol–water partition coefficient (Wildman–Crippen LogP) is 12.0. The van der Waals surface area contributed by atoms with E-state index >= 15 is 0 Å². The van der Waals surface area contributed by atoms with E-state index in [1.807, 2.05) is 23.5 Å². The summed E-state index contributed by atoms with van der Waals surface area (Å²) < 4.78 is 24.2. The number of halogens is 1. The van der Waals surface area contributed by atoms with Gasteiger partial charge in [-0.15, -0.1) is 11.3 Å². The van der Waals surface area contributed by atoms with Crippen LogP contribution in [0.2, 0.25) is 19.6 Å². The minimum Gasteiger partial charge on any atom is -0.220 e. The van der Waals surface area contributed by atoms with E-state index in [1.165, 1.54) is 70.2 Å². The normalized spacial score (nSPS) is 16.9. The van der Waals surface area contributed by atoms with Crippen molar-refractivity contribution in [3.63, 3.8) is 0 Å². The zero-order chi connectivity index (χ0) is 37.7. The molecular formula is C49H46FN3SSi+2. The molecule has 5 heterocycles. The highest BCUT2D eigenvalue weighted by Gasteiger charge is 2.44. The molecule has 6 heteroatoms. The number of aromatic nitrogens is 3. The zero-order valence-corrected chi connectivity index (χ0v) is 34.1. The molecule has 0 radical (unpaired) electrons. The topological polar surface area (TPSA) is 12.7 Å². The van der Waals surface area contributed by atoms with Crippen molar-refractivity contribution < 1.29 is 13.5 Å². The van der Waals surface area contributed by atoms with Gasteiger partial charge < -0.3 is 0 Å². The number of allylic oxidation sites excluding steroid dienone is 1. The van der Waals surface area contributed by atoms with Gasteiger partial charge in [-0.2, -0.15) is 9.13 Å². The molecule has 3 nitrogen and oxygen atoms in total. The Morgan fingerprint density at radius 3 is 2.40 bits per heavy atom. The third-order valence-corrected chi connectivity index (χ3v) is 15.5. The van der Waals surface area contributed by atoms with Gasteiger partial charge >= 0.3 is 0 Å². The maximum absolute atomic E-state index is 13.9. The molecule has 0 saturated heterocycles. The molecule has 0 aliphatic carbocycles. The second-order valence-corrected chi connectivity index (χ2v) is 23.1. The van der Waals surface area contributed by atoms with Crippen LogP contribution < -0.4 is 14.3 Å². The van der Waals surface area contributed by atoms with E-state index in [0.717, 1.165) is 36.1 Å². The van der Waals surface area contributed by atoms with Crippen LogP contribution >= 0.6 is 11.3 Å². The van der Waals surface area contributed by atoms with Gasteiger partial charge in [-0.25, -0.2) is 8.96 Å². The standard InChI is InChI=1S/C49H46FN3SSi/c1-30(2)52-43-13-9-10-14-44(43)53-31(3)27-45-39(37-11-7-8-12-38(37)42-25-22-36(29-51(42)45)55(4,5)6)23-17-33-18-24-40-41-28-34(32-15-20-35(50)21-16-32)19-26-46(41)54-48(40)47(33)49(52)53/h7-16,18-22,24-26,28-30,39,45H,3,17,23,27H2,1-2,4-6H3/q+2. The molecule has 55 heavy (non-hydrogen) atoms. The molecule has 2 aliphatic rings. The Labute approximate surface area is 327 Å². The molecule has 0 N–H and O–H groups in total. The minimum atomic E-state index is -1.58. The van der Waals surface area contributed by atoms with Crippen molar-refractivity contribution in [3.8, 4) is 33.8 Å². The monoisotopic (exact) mass is 755 g/mol. The van der Waals surface area contributed by atoms with Crippen molar-refractivity contribution in [2.75, 3.05) is 0 Å². The number of fused-ring (bicyclic) bond motifs is 15. The number of pyridine rings is 1. The lowest BCUT2D eigenvalue weighted by Crippen LogP contribution is -2.52. The first kappa shape index (κ1) is 34.3. The third-order valence-electron chi connectivity index (χ3n) is 12.3. The molecule has 0 saturated carbocycles. The van der Waals surface area contributed by atoms with Gasteiger partial charge in [0.15, 0.2) is 23.3 Å². The van der Waals surface area contributed by atoms with Crippen LogP contribution in [0.25, 0.3) is 70.7 Å². The Bertz CT molecular complexity index is 2860. The molecule has 5 aromatic carbocycles. The highest BCUT2D eigenvalue weighted by atomic mass is 32.1. The summed E-state index contributed by atoms with van der Waals surface area (Å²) in [6.07, 6.45) is 5.35. The summed E-state index contributed by atoms with van der Waals surface area (Å²) in [5.41, 5.74) is 12.5. The number of aryl methyl sites for hydroxylation is 1. The number of nitrogens with zero attached hydrogens (tertiary/aromatic N) is 3. The van der Waals surface area contributed by atoms with Gasteiger partial charge in [0.1, 0.15) is 11.5 Å². The molecule has 2 unspecified atom stereocenters. The summed E-state index contributed by atoms with van der Waals surface area (Å²) in [5, 5.41) is 4.00. The fourth-order valence-corrected chi connectivity index (χ4v) is 11.9. The number of benzene rings is 5. The van der Waals surface area contributed by atoms with Crippen molar-refractivity contribution in [2.24, 2.45) is 0 Å². The van der Waals surface area contributed by atoms with Crippen LogP contribution in [0.3, 0.4) is 0 Å². The van der Waals surface area contributed by atoms with E-state index < -0.39 is 8.07 Å². The number of thiophene rings is 1. The fraction of sp³-hybridized carbons (Fsp3) is 0.224. The molecule has 0 bridgehead atoms. The lowest BCUT2D eigenvalue weighted by atomic mass is 9.77. The molecule has 2 atom stereocenters. The predicted molar refractivity (Wildman–Crippen MR) is 231 cm³/mol. The molecular weight excluding hydrogens is 710 g/mol. The Hall–Kier alpha value is -5.17. The Balaban J connectivity index is 1.25. The van der Waals surface area contributed by atoms with Gasteiger partial charge in [-0.1, -0.05) is 93.0 Å². The highest BCUT2D eigenvalue weighted by molar-refractivity contribution is 7.26. The van der Waals surface area contributed by atoms with Crippen LogP contribution in [0.1, 0.15) is 55.8 Å². The number of imidazole rings is 1. The summed E-state index contributed by atoms with van der Waals surface area (Å²) in [4.78, 5) is 0. The van der Waals surface area contributed by atoms with Crippen molar-refractivity contribution in [2.45, 2.75) is 70.8 Å². The lowest BCUT2D eigenvalue weighted by Gasteiger charge is -2.32. The quantitative estimate of drug-likeness (QED) is 0.126. The van der Waals surface area contributed by atoms with Gasteiger partial charge in [0, 0.05) is 38.2 Å². The number of hydrogen-bond donors (Lipinski definition) is 0. The van der Waals surface area contributed by atoms with Gasteiger partial charge in [0.05, 0.1) is 30.8 Å². The molecule has 2 aliphatic heterocycles. The highest BCUT2D eigenvalue weighted by Crippen LogP contribution is 2.48. The van der Waals surface area contributed by atoms with Crippen molar-refractivity contribution in [1.29, 1.82) is 0 Å². The first-order chi connectivity index (χ1) is 26.6. The Kier molecular flexibility index (Phi) is 7.92. The Morgan fingerprint density at radius 1 is 0.836 bits per heavy atom. The smallest absolute Gasteiger partial charge is 0.220 e. The van der Waals surface area contributed by atoms with Gasteiger partial charge in [0.2, 0.25) is 5.69 Å². The van der Waals surface area contributed by atoms with E-state index in [1.54, 1.807) is 12.1 Å². The molecule has 0 fully saturated rings. The zero-order valence-electron chi connectivity index (χ0n) is 32.2. The van der Waals surface area contributed by atoms with Gasteiger partial charge in [-0.05, 0) is 91.4 Å². The molecule has 3 aromatic heterocycles. The molecule has 0 amide bonds. The van der Waals surface area contributed by atoms with Crippen molar-refractivity contribution in [3.05, 3.63) is 145 Å². The third kappa shape index (κ3) is 5.40. The van der Waals surface area contributed by atoms with Gasteiger partial charge in [0.25, 0.3) is 5.82 Å². The van der Waals surface area contributed by atoms with Crippen molar-refractivity contribution >= 4 is 61.5 Å². The van der Waals surface area contributed by atoms with Crippen LogP contribution in [0.4, 0.5) is 4.39 Å². The van der Waals surface area contributed by atoms with Crippen LogP contribution in [-0.2, 0) is 6.42 Å². The average molecular weight is 756 g/mol. The number of para-hydroxylation sites is 2. The molecule has 10 rings (SSSR count). The first-order valence-corrected chi connectivity index (χ1v) is 24.0. The van der Waals surface area contributed by atoms with Crippen molar-refractivity contribution in [1.82, 2.24) is 4.57 Å². The lowest BCUT2D eigenvalue weighted by molar-refractivity contribution is -0.716. The summed E-state index contributed by atoms with van der Waals surface area (Å²) >= 11 is 1.90. The Morgan fingerprint density at radius 2 is 1.60 bits per heavy atom. The average Bonchev–Trinajstić information content (AvgIpc) is 3.73. The number of hydrogen-bond acceptors (Lipinski definition) is 1. The molecule has 0 spiro atoms. The van der Waals surface area contributed by atoms with E-state index in [0.29, 0.717) is 5.92 Å². The summed E-state index contributed by atoms with van der Waals surface area (Å²) in [5.74, 6) is 1.34. The van der Waals surface area contributed by atoms with Crippen LogP contribution in [0.15, 0.2) is 128 Å². The minimum absolute atomic E-state index is 0.214. The summed E-state index contributed by atoms with van der Waals surface area (Å²) in [7, 11) is -1.58. The largest absolute Gasteiger partial charge is 0.296 e. The van der Waals surface area contributed by atoms with E-state index in [4.69, 9.17) is 6.58 Å². The van der Waals surface area contributed by atoms with E-state index in [9.17, 15) is 4.39 Å². The SMILES string of the molecule is C=C1CC2C(CCc3ccc4c(sc5ccc(-c6ccc(F)cc6)cc54)c3-c3n1c1ccccc1[n+]3C(C)C)c1ccccc1-c1ccc([Si](C)(C)C)c[n+]12. The molecule has 272 valence electrons. The number of rotatable bonds is 3.